The van der Waals surface area contributed by atoms with Crippen LogP contribution in [0.1, 0.15) is 37.7 Å². The lowest BCUT2D eigenvalue weighted by Gasteiger charge is -2.09. The van der Waals surface area contributed by atoms with Gasteiger partial charge in [0.15, 0.2) is 0 Å². The molecule has 0 saturated heterocycles. The van der Waals surface area contributed by atoms with Crippen molar-refractivity contribution < 1.29 is 9.59 Å². The van der Waals surface area contributed by atoms with Crippen LogP contribution < -0.4 is 10.6 Å². The molecule has 0 aliphatic carbocycles. The van der Waals surface area contributed by atoms with Crippen LogP contribution in [0.15, 0.2) is 42.5 Å². The predicted octanol–water partition coefficient (Wildman–Crippen LogP) is 2.71. The van der Waals surface area contributed by atoms with E-state index >= 15 is 0 Å². The number of rotatable bonds is 5. The summed E-state index contributed by atoms with van der Waals surface area (Å²) in [6.45, 7) is 6.39. The molecule has 1 heterocycles. The van der Waals surface area contributed by atoms with Crippen LogP contribution >= 0.6 is 0 Å². The number of carbonyl (C=O) groups is 2. The highest BCUT2D eigenvalue weighted by molar-refractivity contribution is 5.97. The number of hydrogen-bond acceptors (Lipinski definition) is 4. The third-order valence-electron chi connectivity index (χ3n) is 4.42. The second-order valence-electron chi connectivity index (χ2n) is 6.42. The zero-order valence-corrected chi connectivity index (χ0v) is 15.7. The lowest BCUT2D eigenvalue weighted by atomic mass is 10.1. The Bertz CT molecular complexity index is 1010. The van der Waals surface area contributed by atoms with Crippen LogP contribution in [-0.2, 0) is 0 Å². The van der Waals surface area contributed by atoms with Gasteiger partial charge in [0.25, 0.3) is 11.8 Å². The van der Waals surface area contributed by atoms with Gasteiger partial charge >= 0.3 is 0 Å². The molecule has 2 aromatic carbocycles. The first-order chi connectivity index (χ1) is 13.0. The minimum absolute atomic E-state index is 0.144. The third kappa shape index (κ3) is 4.28. The maximum Gasteiger partial charge on any atom is 0.251 e. The normalized spacial score (nSPS) is 10.6. The van der Waals surface area contributed by atoms with Gasteiger partial charge < -0.3 is 10.6 Å². The molecule has 0 radical (unpaired) electrons. The lowest BCUT2D eigenvalue weighted by molar-refractivity contribution is 0.0927. The molecular weight excluding hydrogens is 340 g/mol. The van der Waals surface area contributed by atoms with Crippen LogP contribution in [0.25, 0.3) is 11.0 Å². The zero-order chi connectivity index (χ0) is 19.4. The van der Waals surface area contributed by atoms with E-state index in [-0.39, 0.29) is 11.8 Å². The minimum atomic E-state index is -0.206. The summed E-state index contributed by atoms with van der Waals surface area (Å²) in [7, 11) is 0. The number of benzene rings is 2. The molecule has 2 N–H and O–H groups in total. The van der Waals surface area contributed by atoms with E-state index in [4.69, 9.17) is 0 Å². The summed E-state index contributed by atoms with van der Waals surface area (Å²) in [6, 6.07) is 12.6. The first-order valence-corrected chi connectivity index (χ1v) is 8.83. The van der Waals surface area contributed by atoms with Crippen molar-refractivity contribution in [3.8, 4) is 0 Å². The molecule has 27 heavy (non-hydrogen) atoms. The summed E-state index contributed by atoms with van der Waals surface area (Å²) in [5.74, 6) is -0.351. The second kappa shape index (κ2) is 7.95. The molecular formula is C21H22N4O2. The minimum Gasteiger partial charge on any atom is -0.350 e. The van der Waals surface area contributed by atoms with Crippen LogP contribution in [-0.4, -0.2) is 34.9 Å². The van der Waals surface area contributed by atoms with Crippen LogP contribution in [0.3, 0.4) is 0 Å². The Hall–Kier alpha value is -3.28. The molecule has 0 fully saturated rings. The summed E-state index contributed by atoms with van der Waals surface area (Å²) in [6.07, 6.45) is 0. The van der Waals surface area contributed by atoms with E-state index in [1.165, 1.54) is 0 Å². The van der Waals surface area contributed by atoms with E-state index < -0.39 is 0 Å². The van der Waals surface area contributed by atoms with Gasteiger partial charge in [0.1, 0.15) is 0 Å². The number of nitrogens with one attached hydrogen (secondary N) is 2. The van der Waals surface area contributed by atoms with E-state index in [0.29, 0.717) is 29.7 Å². The van der Waals surface area contributed by atoms with Gasteiger partial charge in [-0.05, 0) is 50.6 Å². The van der Waals surface area contributed by atoms with Crippen LogP contribution in [0.2, 0.25) is 0 Å². The van der Waals surface area contributed by atoms with Gasteiger partial charge in [-0.1, -0.05) is 18.2 Å². The van der Waals surface area contributed by atoms with Crippen molar-refractivity contribution in [3.63, 3.8) is 0 Å². The fourth-order valence-electron chi connectivity index (χ4n) is 2.75. The first kappa shape index (κ1) is 18.5. The molecule has 0 unspecified atom stereocenters. The van der Waals surface area contributed by atoms with Crippen molar-refractivity contribution in [2.24, 2.45) is 0 Å². The van der Waals surface area contributed by atoms with E-state index in [1.807, 2.05) is 39.0 Å². The number of amides is 2. The molecule has 0 saturated carbocycles. The molecule has 2 amide bonds. The molecule has 138 valence electrons. The molecule has 0 spiro atoms. The van der Waals surface area contributed by atoms with E-state index in [2.05, 4.69) is 20.6 Å². The Morgan fingerprint density at radius 3 is 2.15 bits per heavy atom. The van der Waals surface area contributed by atoms with Gasteiger partial charge in [0.05, 0.1) is 22.4 Å². The second-order valence-corrected chi connectivity index (χ2v) is 6.42. The summed E-state index contributed by atoms with van der Waals surface area (Å²) in [5.41, 5.74) is 5.26. The molecule has 0 aliphatic rings. The van der Waals surface area contributed by atoms with Gasteiger partial charge in [-0.25, -0.2) is 9.97 Å². The molecule has 6 heteroatoms. The molecule has 3 rings (SSSR count). The molecule has 6 nitrogen and oxygen atoms in total. The maximum absolute atomic E-state index is 12.3. The highest BCUT2D eigenvalue weighted by Crippen LogP contribution is 2.14. The number of aromatic nitrogens is 2. The van der Waals surface area contributed by atoms with E-state index in [1.54, 1.807) is 24.3 Å². The van der Waals surface area contributed by atoms with Gasteiger partial charge in [-0.3, -0.25) is 9.59 Å². The van der Waals surface area contributed by atoms with Gasteiger partial charge in [-0.15, -0.1) is 0 Å². The highest BCUT2D eigenvalue weighted by atomic mass is 16.2. The average molecular weight is 362 g/mol. The Kier molecular flexibility index (Phi) is 5.45. The Morgan fingerprint density at radius 2 is 1.44 bits per heavy atom. The number of nitrogens with zero attached hydrogens (tertiary/aromatic N) is 2. The lowest BCUT2D eigenvalue weighted by Crippen LogP contribution is -2.34. The Morgan fingerprint density at radius 1 is 0.815 bits per heavy atom. The van der Waals surface area contributed by atoms with Crippen LogP contribution in [0.4, 0.5) is 0 Å². The highest BCUT2D eigenvalue weighted by Gasteiger charge is 2.10. The largest absolute Gasteiger partial charge is 0.350 e. The molecule has 0 bridgehead atoms. The van der Waals surface area contributed by atoms with Gasteiger partial charge in [0.2, 0.25) is 0 Å². The quantitative estimate of drug-likeness (QED) is 0.684. The topological polar surface area (TPSA) is 84.0 Å². The first-order valence-electron chi connectivity index (χ1n) is 8.83. The van der Waals surface area contributed by atoms with Crippen molar-refractivity contribution in [3.05, 3.63) is 70.5 Å². The van der Waals surface area contributed by atoms with Crippen molar-refractivity contribution in [1.82, 2.24) is 20.6 Å². The number of carbonyl (C=O) groups excluding carboxylic acids is 2. The van der Waals surface area contributed by atoms with Gasteiger partial charge in [0, 0.05) is 24.2 Å². The van der Waals surface area contributed by atoms with Crippen molar-refractivity contribution in [2.75, 3.05) is 13.1 Å². The molecule has 0 atom stereocenters. The van der Waals surface area contributed by atoms with Crippen molar-refractivity contribution in [1.29, 1.82) is 0 Å². The van der Waals surface area contributed by atoms with Crippen LogP contribution in [0.5, 0.6) is 0 Å². The summed E-state index contributed by atoms with van der Waals surface area (Å²) < 4.78 is 0. The maximum atomic E-state index is 12.3. The van der Waals surface area contributed by atoms with Gasteiger partial charge in [-0.2, -0.15) is 0 Å². The Balaban J connectivity index is 1.56. The van der Waals surface area contributed by atoms with Crippen molar-refractivity contribution in [2.45, 2.75) is 20.8 Å². The third-order valence-corrected chi connectivity index (χ3v) is 4.42. The fraction of sp³-hybridized carbons (Fsp3) is 0.238. The Labute approximate surface area is 158 Å². The summed E-state index contributed by atoms with van der Waals surface area (Å²) >= 11 is 0. The molecule has 0 aliphatic heterocycles. The SMILES string of the molecule is Cc1ccccc1C(=O)NCCNC(=O)c1ccc2nc(C)c(C)nc2c1. The standard InChI is InChI=1S/C21H22N4O2/c1-13-6-4-5-7-17(13)21(27)23-11-10-22-20(26)16-8-9-18-19(12-16)25-15(3)14(2)24-18/h4-9,12H,10-11H2,1-3H3,(H,22,26)(H,23,27). The van der Waals surface area contributed by atoms with Crippen molar-refractivity contribution >= 4 is 22.8 Å². The molecule has 3 aromatic rings. The molecule has 1 aromatic heterocycles. The smallest absolute Gasteiger partial charge is 0.251 e. The average Bonchev–Trinajstić information content (AvgIpc) is 2.65. The zero-order valence-electron chi connectivity index (χ0n) is 15.7. The predicted molar refractivity (Wildman–Crippen MR) is 105 cm³/mol. The summed E-state index contributed by atoms with van der Waals surface area (Å²) in [5, 5.41) is 5.62. The monoisotopic (exact) mass is 362 g/mol. The number of aryl methyl sites for hydroxylation is 3. The summed E-state index contributed by atoms with van der Waals surface area (Å²) in [4.78, 5) is 33.4. The fourth-order valence-corrected chi connectivity index (χ4v) is 2.75. The number of fused-ring (bicyclic) bond motifs is 1. The van der Waals surface area contributed by atoms with E-state index in [9.17, 15) is 9.59 Å². The number of hydrogen-bond donors (Lipinski definition) is 2. The van der Waals surface area contributed by atoms with Crippen LogP contribution in [0, 0.1) is 20.8 Å². The van der Waals surface area contributed by atoms with E-state index in [0.717, 1.165) is 22.5 Å².